The molecule has 0 aromatic heterocycles. The fourth-order valence-electron chi connectivity index (χ4n) is 1.71. The van der Waals surface area contributed by atoms with E-state index in [2.05, 4.69) is 39.6 Å². The van der Waals surface area contributed by atoms with E-state index in [1.807, 2.05) is 6.07 Å². The molecule has 0 atom stereocenters. The van der Waals surface area contributed by atoms with Crippen molar-refractivity contribution in [1.82, 2.24) is 0 Å². The fraction of sp³-hybridized carbons (Fsp3) is 0.500. The minimum atomic E-state index is -1.27. The molecule has 1 rings (SSSR count). The number of hydrogen-bond donors (Lipinski definition) is 1. The molecule has 0 fully saturated rings. The topological polar surface area (TPSA) is 20.2 Å². The largest absolute Gasteiger partial charge is 0.508 e. The lowest BCUT2D eigenvalue weighted by Crippen LogP contribution is -2.40. The third-order valence-electron chi connectivity index (χ3n) is 2.47. The normalized spacial score (nSPS) is 12.1. The molecule has 0 saturated carbocycles. The average molecular weight is 208 g/mol. The van der Waals surface area contributed by atoms with Gasteiger partial charge in [0.25, 0.3) is 0 Å². The highest BCUT2D eigenvalue weighted by Crippen LogP contribution is 2.20. The third kappa shape index (κ3) is 2.38. The van der Waals surface area contributed by atoms with Gasteiger partial charge in [-0.2, -0.15) is 0 Å². The van der Waals surface area contributed by atoms with E-state index < -0.39 is 8.07 Å². The first-order valence-corrected chi connectivity index (χ1v) is 8.66. The van der Waals surface area contributed by atoms with Crippen LogP contribution < -0.4 is 5.19 Å². The second-order valence-electron chi connectivity index (χ2n) is 5.18. The maximum Gasteiger partial charge on any atom is 0.115 e. The fourth-order valence-corrected chi connectivity index (χ4v) is 3.52. The van der Waals surface area contributed by atoms with Crippen molar-refractivity contribution in [2.45, 2.75) is 39.4 Å². The maximum atomic E-state index is 9.47. The van der Waals surface area contributed by atoms with Gasteiger partial charge in [0.2, 0.25) is 0 Å². The lowest BCUT2D eigenvalue weighted by molar-refractivity contribution is 0.474. The van der Waals surface area contributed by atoms with Crippen molar-refractivity contribution in [2.75, 3.05) is 0 Å². The second-order valence-corrected chi connectivity index (χ2v) is 10.2. The molecule has 2 heteroatoms. The summed E-state index contributed by atoms with van der Waals surface area (Å²) < 4.78 is 0. The monoisotopic (exact) mass is 208 g/mol. The first-order valence-electron chi connectivity index (χ1n) is 5.16. The van der Waals surface area contributed by atoms with Gasteiger partial charge >= 0.3 is 0 Å². The van der Waals surface area contributed by atoms with Crippen LogP contribution in [0.1, 0.15) is 25.3 Å². The van der Waals surface area contributed by atoms with Crippen LogP contribution in [0, 0.1) is 0 Å². The molecule has 0 unspecified atom stereocenters. The molecule has 1 aromatic rings. The smallest absolute Gasteiger partial charge is 0.115 e. The summed E-state index contributed by atoms with van der Waals surface area (Å²) in [6, 6.07) is 5.81. The van der Waals surface area contributed by atoms with Gasteiger partial charge in [0.1, 0.15) is 5.75 Å². The van der Waals surface area contributed by atoms with E-state index in [1.165, 1.54) is 10.8 Å². The van der Waals surface area contributed by atoms with E-state index >= 15 is 0 Å². The summed E-state index contributed by atoms with van der Waals surface area (Å²) in [5.74, 6) is 0.875. The Morgan fingerprint density at radius 2 is 1.71 bits per heavy atom. The highest BCUT2D eigenvalue weighted by molar-refractivity contribution is 6.89. The van der Waals surface area contributed by atoms with Gasteiger partial charge in [0, 0.05) is 0 Å². The third-order valence-corrected chi connectivity index (χ3v) is 4.54. The molecule has 1 aromatic carbocycles. The van der Waals surface area contributed by atoms with E-state index in [1.54, 1.807) is 6.07 Å². The maximum absolute atomic E-state index is 9.47. The van der Waals surface area contributed by atoms with Gasteiger partial charge in [-0.15, -0.1) is 0 Å². The zero-order valence-corrected chi connectivity index (χ0v) is 10.8. The van der Waals surface area contributed by atoms with Crippen molar-refractivity contribution in [3.63, 3.8) is 0 Å². The molecule has 0 radical (unpaired) electrons. The van der Waals surface area contributed by atoms with Crippen molar-refractivity contribution >= 4 is 13.3 Å². The Bertz CT molecular complexity index is 324. The number of rotatable bonds is 2. The summed E-state index contributed by atoms with van der Waals surface area (Å²) in [5, 5.41) is 10.9. The highest BCUT2D eigenvalue weighted by atomic mass is 28.3. The molecular formula is C12H20OSi. The molecule has 1 N–H and O–H groups in total. The highest BCUT2D eigenvalue weighted by Gasteiger charge is 2.21. The molecule has 0 amide bonds. The lowest BCUT2D eigenvalue weighted by atomic mass is 10.0. The van der Waals surface area contributed by atoms with Crippen molar-refractivity contribution in [3.8, 4) is 5.75 Å². The van der Waals surface area contributed by atoms with Crippen LogP contribution in [-0.2, 0) is 0 Å². The Morgan fingerprint density at radius 1 is 1.14 bits per heavy atom. The molecule has 14 heavy (non-hydrogen) atoms. The second kappa shape index (κ2) is 3.77. The van der Waals surface area contributed by atoms with E-state index in [9.17, 15) is 5.11 Å². The summed E-state index contributed by atoms with van der Waals surface area (Å²) >= 11 is 0. The van der Waals surface area contributed by atoms with E-state index in [-0.39, 0.29) is 0 Å². The van der Waals surface area contributed by atoms with Gasteiger partial charge in [-0.25, -0.2) is 0 Å². The minimum absolute atomic E-state index is 0.385. The number of aromatic hydroxyl groups is 1. The first kappa shape index (κ1) is 11.3. The van der Waals surface area contributed by atoms with Crippen molar-refractivity contribution in [3.05, 3.63) is 23.8 Å². The van der Waals surface area contributed by atoms with Crippen LogP contribution in [0.5, 0.6) is 5.75 Å². The summed E-state index contributed by atoms with van der Waals surface area (Å²) in [6.45, 7) is 11.4. The van der Waals surface area contributed by atoms with Crippen LogP contribution >= 0.6 is 0 Å². The Labute approximate surface area is 87.8 Å². The number of hydrogen-bond acceptors (Lipinski definition) is 1. The molecule has 78 valence electrons. The first-order chi connectivity index (χ1) is 6.32. The predicted octanol–water partition coefficient (Wildman–Crippen LogP) is 3.06. The van der Waals surface area contributed by atoms with Crippen LogP contribution in [-0.4, -0.2) is 13.2 Å². The van der Waals surface area contributed by atoms with Gasteiger partial charge in [-0.3, -0.25) is 0 Å². The van der Waals surface area contributed by atoms with Crippen LogP contribution in [0.15, 0.2) is 18.2 Å². The van der Waals surface area contributed by atoms with E-state index in [0.717, 1.165) is 0 Å². The van der Waals surface area contributed by atoms with Gasteiger partial charge in [0.05, 0.1) is 8.07 Å². The van der Waals surface area contributed by atoms with Crippen molar-refractivity contribution in [1.29, 1.82) is 0 Å². The van der Waals surface area contributed by atoms with Crippen LogP contribution in [0.2, 0.25) is 19.6 Å². The number of phenolic OH excluding ortho intramolecular Hbond substituents is 1. The Morgan fingerprint density at radius 3 is 2.14 bits per heavy atom. The SMILES string of the molecule is CC(C)c1cc(O)ccc1[Si](C)(C)C. The van der Waals surface area contributed by atoms with E-state index in [4.69, 9.17) is 0 Å². The molecule has 0 spiro atoms. The van der Waals surface area contributed by atoms with E-state index in [0.29, 0.717) is 11.7 Å². The lowest BCUT2D eigenvalue weighted by Gasteiger charge is -2.23. The zero-order chi connectivity index (χ0) is 10.9. The van der Waals surface area contributed by atoms with Crippen molar-refractivity contribution in [2.24, 2.45) is 0 Å². The Balaban J connectivity index is 3.29. The number of phenols is 1. The molecule has 0 heterocycles. The average Bonchev–Trinajstić information content (AvgIpc) is 2.01. The Hall–Kier alpha value is -0.763. The standard InChI is InChI=1S/C12H20OSi/c1-9(2)11-8-10(13)6-7-12(11)14(3,4)5/h6-9,13H,1-5H3. The van der Waals surface area contributed by atoms with Gasteiger partial charge in [0.15, 0.2) is 0 Å². The summed E-state index contributed by atoms with van der Waals surface area (Å²) in [5.41, 5.74) is 1.31. The molecule has 0 aliphatic carbocycles. The molecule has 0 aliphatic heterocycles. The van der Waals surface area contributed by atoms with Crippen LogP contribution in [0.4, 0.5) is 0 Å². The molecule has 1 nitrogen and oxygen atoms in total. The van der Waals surface area contributed by atoms with Gasteiger partial charge in [-0.05, 0) is 23.6 Å². The quantitative estimate of drug-likeness (QED) is 0.741. The predicted molar refractivity (Wildman–Crippen MR) is 65.2 cm³/mol. The minimum Gasteiger partial charge on any atom is -0.508 e. The molecule has 0 aliphatic rings. The molecule has 0 bridgehead atoms. The number of benzene rings is 1. The molecule has 0 saturated heterocycles. The summed E-state index contributed by atoms with van der Waals surface area (Å²) in [7, 11) is -1.27. The van der Waals surface area contributed by atoms with Gasteiger partial charge in [-0.1, -0.05) is 44.7 Å². The zero-order valence-electron chi connectivity index (χ0n) is 9.76. The molecular weight excluding hydrogens is 188 g/mol. The van der Waals surface area contributed by atoms with Crippen LogP contribution in [0.25, 0.3) is 0 Å². The Kier molecular flexibility index (Phi) is 3.05. The van der Waals surface area contributed by atoms with Gasteiger partial charge < -0.3 is 5.11 Å². The van der Waals surface area contributed by atoms with Crippen molar-refractivity contribution < 1.29 is 5.11 Å². The summed E-state index contributed by atoms with van der Waals surface area (Å²) in [4.78, 5) is 0. The summed E-state index contributed by atoms with van der Waals surface area (Å²) in [6.07, 6.45) is 0. The van der Waals surface area contributed by atoms with Crippen LogP contribution in [0.3, 0.4) is 0 Å².